The lowest BCUT2D eigenvalue weighted by atomic mass is 9.68. The number of benzene rings is 2. The van der Waals surface area contributed by atoms with E-state index in [1.807, 2.05) is 12.1 Å². The highest BCUT2D eigenvalue weighted by Gasteiger charge is 2.42. The molecule has 0 N–H and O–H groups in total. The van der Waals surface area contributed by atoms with Crippen molar-refractivity contribution in [3.8, 4) is 0 Å². The van der Waals surface area contributed by atoms with Gasteiger partial charge in [-0.3, -0.25) is 9.80 Å². The van der Waals surface area contributed by atoms with Crippen LogP contribution in [0.25, 0.3) is 0 Å². The third kappa shape index (κ3) is 4.10. The van der Waals surface area contributed by atoms with Gasteiger partial charge in [0.15, 0.2) is 0 Å². The van der Waals surface area contributed by atoms with Crippen LogP contribution in [0.3, 0.4) is 0 Å². The summed E-state index contributed by atoms with van der Waals surface area (Å²) in [6.45, 7) is 6.92. The zero-order chi connectivity index (χ0) is 19.8. The molecule has 0 amide bonds. The van der Waals surface area contributed by atoms with E-state index in [0.717, 1.165) is 32.1 Å². The highest BCUT2D eigenvalue weighted by Crippen LogP contribution is 2.43. The second kappa shape index (κ2) is 8.23. The molecule has 2 aliphatic heterocycles. The minimum Gasteiger partial charge on any atom is -0.299 e. The van der Waals surface area contributed by atoms with Gasteiger partial charge in [-0.05, 0) is 73.5 Å². The smallest absolute Gasteiger partial charge is 0.0595 e. The van der Waals surface area contributed by atoms with Gasteiger partial charge in [0, 0.05) is 31.6 Å². The van der Waals surface area contributed by atoms with Crippen molar-refractivity contribution >= 4 is 23.2 Å². The van der Waals surface area contributed by atoms with Crippen LogP contribution in [0, 0.1) is 5.92 Å². The van der Waals surface area contributed by atoms with Crippen LogP contribution in [0.2, 0.25) is 10.0 Å². The van der Waals surface area contributed by atoms with Gasteiger partial charge in [0.25, 0.3) is 0 Å². The highest BCUT2D eigenvalue weighted by atomic mass is 35.5. The molecule has 2 aromatic carbocycles. The lowest BCUT2D eigenvalue weighted by molar-refractivity contribution is 0.0756. The van der Waals surface area contributed by atoms with Crippen molar-refractivity contribution in [2.75, 3.05) is 26.2 Å². The standard InChI is InChI=1S/C25H30Cl2N2/c26-23-9-8-20(14-24(23)27)16-28-12-10-25(11-13-28)18-29(15-19-4-3-5-19)17-21-6-1-2-7-22(21)25/h1-2,6-9,14,19H,3-5,10-13,15-18H2. The zero-order valence-electron chi connectivity index (χ0n) is 17.0. The van der Waals surface area contributed by atoms with Gasteiger partial charge in [0.2, 0.25) is 0 Å². The summed E-state index contributed by atoms with van der Waals surface area (Å²) in [4.78, 5) is 5.35. The third-order valence-electron chi connectivity index (χ3n) is 7.45. The number of fused-ring (bicyclic) bond motifs is 2. The molecule has 0 radical (unpaired) electrons. The summed E-state index contributed by atoms with van der Waals surface area (Å²) in [6.07, 6.45) is 6.79. The van der Waals surface area contributed by atoms with Crippen molar-refractivity contribution in [2.45, 2.75) is 50.6 Å². The first-order valence-corrected chi connectivity index (χ1v) is 11.8. The SMILES string of the molecule is Clc1ccc(CN2CCC3(CC2)CN(CC2CCC2)Cc2ccccc23)cc1Cl. The fraction of sp³-hybridized carbons (Fsp3) is 0.520. The van der Waals surface area contributed by atoms with Crippen LogP contribution in [-0.2, 0) is 18.5 Å². The first kappa shape index (κ1) is 19.9. The maximum Gasteiger partial charge on any atom is 0.0595 e. The highest BCUT2D eigenvalue weighted by molar-refractivity contribution is 6.42. The molecule has 1 saturated heterocycles. The molecular weight excluding hydrogens is 399 g/mol. The van der Waals surface area contributed by atoms with Crippen molar-refractivity contribution < 1.29 is 0 Å². The summed E-state index contributed by atoms with van der Waals surface area (Å²) in [5, 5.41) is 1.30. The summed E-state index contributed by atoms with van der Waals surface area (Å²) in [7, 11) is 0. The minimum atomic E-state index is 0.326. The Kier molecular flexibility index (Phi) is 5.64. The molecule has 4 heteroatoms. The second-order valence-corrected chi connectivity index (χ2v) is 10.2. The molecule has 0 atom stereocenters. The fourth-order valence-electron chi connectivity index (χ4n) is 5.62. The average Bonchev–Trinajstić information content (AvgIpc) is 2.70. The maximum atomic E-state index is 6.22. The van der Waals surface area contributed by atoms with Crippen molar-refractivity contribution in [2.24, 2.45) is 5.92 Å². The van der Waals surface area contributed by atoms with Crippen LogP contribution in [0.15, 0.2) is 42.5 Å². The van der Waals surface area contributed by atoms with Gasteiger partial charge >= 0.3 is 0 Å². The zero-order valence-corrected chi connectivity index (χ0v) is 18.6. The summed E-state index contributed by atoms with van der Waals surface area (Å²) >= 11 is 12.3. The maximum absolute atomic E-state index is 6.22. The number of halogens is 2. The van der Waals surface area contributed by atoms with E-state index >= 15 is 0 Å². The van der Waals surface area contributed by atoms with E-state index in [9.17, 15) is 0 Å². The molecular formula is C25H30Cl2N2. The molecule has 2 nitrogen and oxygen atoms in total. The molecule has 0 unspecified atom stereocenters. The molecule has 0 bridgehead atoms. The molecule has 0 aromatic heterocycles. The van der Waals surface area contributed by atoms with Crippen LogP contribution >= 0.6 is 23.2 Å². The number of likely N-dealkylation sites (tertiary alicyclic amines) is 1. The van der Waals surface area contributed by atoms with Gasteiger partial charge < -0.3 is 0 Å². The molecule has 2 aromatic rings. The van der Waals surface area contributed by atoms with E-state index in [1.165, 1.54) is 50.8 Å². The van der Waals surface area contributed by atoms with Crippen molar-refractivity contribution in [1.82, 2.24) is 9.80 Å². The molecule has 2 heterocycles. The van der Waals surface area contributed by atoms with Gasteiger partial charge in [0.05, 0.1) is 10.0 Å². The summed E-state index contributed by atoms with van der Waals surface area (Å²) in [5.41, 5.74) is 4.77. The lowest BCUT2D eigenvalue weighted by Gasteiger charge is -2.50. The van der Waals surface area contributed by atoms with E-state index < -0.39 is 0 Å². The second-order valence-electron chi connectivity index (χ2n) is 9.43. The van der Waals surface area contributed by atoms with Crippen molar-refractivity contribution in [3.63, 3.8) is 0 Å². The molecule has 29 heavy (non-hydrogen) atoms. The lowest BCUT2D eigenvalue weighted by Crippen LogP contribution is -2.52. The van der Waals surface area contributed by atoms with Gasteiger partial charge in [-0.1, -0.05) is 60.0 Å². The van der Waals surface area contributed by atoms with Crippen molar-refractivity contribution in [3.05, 3.63) is 69.2 Å². The molecule has 3 aliphatic rings. The van der Waals surface area contributed by atoms with Crippen LogP contribution in [0.4, 0.5) is 0 Å². The Morgan fingerprint density at radius 2 is 1.72 bits per heavy atom. The van der Waals surface area contributed by atoms with Crippen LogP contribution in [-0.4, -0.2) is 36.0 Å². The van der Waals surface area contributed by atoms with E-state index in [1.54, 1.807) is 11.1 Å². The Hall–Kier alpha value is -1.06. The monoisotopic (exact) mass is 428 g/mol. The normalized spacial score (nSPS) is 22.4. The Bertz CT molecular complexity index is 869. The number of hydrogen-bond donors (Lipinski definition) is 0. The van der Waals surface area contributed by atoms with Gasteiger partial charge in [-0.2, -0.15) is 0 Å². The first-order valence-electron chi connectivity index (χ1n) is 11.1. The predicted octanol–water partition coefficient (Wildman–Crippen LogP) is 6.14. The number of rotatable bonds is 4. The minimum absolute atomic E-state index is 0.326. The molecule has 154 valence electrons. The van der Waals surface area contributed by atoms with E-state index in [0.29, 0.717) is 15.5 Å². The largest absolute Gasteiger partial charge is 0.299 e. The molecule has 2 fully saturated rings. The van der Waals surface area contributed by atoms with Gasteiger partial charge in [-0.25, -0.2) is 0 Å². The summed E-state index contributed by atoms with van der Waals surface area (Å²) < 4.78 is 0. The Morgan fingerprint density at radius 1 is 0.931 bits per heavy atom. The summed E-state index contributed by atoms with van der Waals surface area (Å²) in [5.74, 6) is 0.937. The Morgan fingerprint density at radius 3 is 2.45 bits per heavy atom. The summed E-state index contributed by atoms with van der Waals surface area (Å²) in [6, 6.07) is 15.3. The van der Waals surface area contributed by atoms with Gasteiger partial charge in [-0.15, -0.1) is 0 Å². The average molecular weight is 429 g/mol. The molecule has 5 rings (SSSR count). The molecule has 1 aliphatic carbocycles. The topological polar surface area (TPSA) is 6.48 Å². The fourth-order valence-corrected chi connectivity index (χ4v) is 5.94. The predicted molar refractivity (Wildman–Crippen MR) is 122 cm³/mol. The number of piperidine rings is 1. The molecule has 1 spiro atoms. The quantitative estimate of drug-likeness (QED) is 0.576. The Labute approximate surface area is 184 Å². The molecule has 1 saturated carbocycles. The Balaban J connectivity index is 1.30. The third-order valence-corrected chi connectivity index (χ3v) is 8.19. The first-order chi connectivity index (χ1) is 14.1. The number of hydrogen-bond acceptors (Lipinski definition) is 2. The number of nitrogens with zero attached hydrogens (tertiary/aromatic N) is 2. The van der Waals surface area contributed by atoms with Crippen LogP contribution in [0.1, 0.15) is 48.8 Å². The van der Waals surface area contributed by atoms with Crippen molar-refractivity contribution in [1.29, 1.82) is 0 Å². The van der Waals surface area contributed by atoms with E-state index in [4.69, 9.17) is 23.2 Å². The van der Waals surface area contributed by atoms with Crippen LogP contribution < -0.4 is 0 Å². The van der Waals surface area contributed by atoms with E-state index in [-0.39, 0.29) is 0 Å². The van der Waals surface area contributed by atoms with E-state index in [2.05, 4.69) is 40.1 Å². The van der Waals surface area contributed by atoms with Gasteiger partial charge in [0.1, 0.15) is 0 Å². The van der Waals surface area contributed by atoms with Crippen LogP contribution in [0.5, 0.6) is 0 Å².